The number of ether oxygens (including phenoxy) is 1. The molecule has 2 aromatic rings. The zero-order valence-electron chi connectivity index (χ0n) is 13.6. The van der Waals surface area contributed by atoms with E-state index < -0.39 is 6.10 Å². The molecule has 2 aromatic carbocycles. The Balaban J connectivity index is 2.01. The smallest absolute Gasteiger partial charge is 0.265 e. The number of rotatable bonds is 7. The van der Waals surface area contributed by atoms with Gasteiger partial charge in [-0.2, -0.15) is 0 Å². The number of hydrogen-bond acceptors (Lipinski definition) is 3. The molecule has 0 aliphatic heterocycles. The van der Waals surface area contributed by atoms with Gasteiger partial charge in [0.05, 0.1) is 0 Å². The van der Waals surface area contributed by atoms with Crippen molar-refractivity contribution in [3.63, 3.8) is 0 Å². The zero-order chi connectivity index (χ0) is 16.7. The molecule has 0 spiro atoms. The highest BCUT2D eigenvalue weighted by Crippen LogP contribution is 2.19. The highest BCUT2D eigenvalue weighted by molar-refractivity contribution is 5.94. The Labute approximate surface area is 137 Å². The summed E-state index contributed by atoms with van der Waals surface area (Å²) >= 11 is 0. The Bertz CT molecular complexity index is 637. The molecule has 0 radical (unpaired) electrons. The SMILES string of the molecule is CCC(Oc1ccccc1C)C(=O)Nc1ccc(CCO)cc1. The van der Waals surface area contributed by atoms with Gasteiger partial charge in [0.25, 0.3) is 5.91 Å². The summed E-state index contributed by atoms with van der Waals surface area (Å²) in [6.07, 6.45) is 0.665. The molecular weight excluding hydrogens is 290 g/mol. The Morgan fingerprint density at radius 3 is 2.48 bits per heavy atom. The second-order valence-electron chi connectivity index (χ2n) is 5.44. The van der Waals surface area contributed by atoms with Crippen LogP contribution in [-0.2, 0) is 11.2 Å². The van der Waals surface area contributed by atoms with Crippen LogP contribution in [0, 0.1) is 6.92 Å². The third-order valence-corrected chi connectivity index (χ3v) is 3.65. The predicted octanol–water partition coefficient (Wildman–Crippen LogP) is 3.33. The molecule has 0 saturated carbocycles. The summed E-state index contributed by atoms with van der Waals surface area (Å²) in [7, 11) is 0. The number of carbonyl (C=O) groups excluding carboxylic acids is 1. The molecule has 0 aliphatic carbocycles. The van der Waals surface area contributed by atoms with Gasteiger partial charge in [-0.15, -0.1) is 0 Å². The molecule has 1 unspecified atom stereocenters. The van der Waals surface area contributed by atoms with Crippen molar-refractivity contribution in [1.82, 2.24) is 0 Å². The second-order valence-corrected chi connectivity index (χ2v) is 5.44. The molecular formula is C19H23NO3. The number of aryl methyl sites for hydroxylation is 1. The Kier molecular flexibility index (Phi) is 6.18. The van der Waals surface area contributed by atoms with Crippen molar-refractivity contribution < 1.29 is 14.6 Å². The number of para-hydroxylation sites is 1. The second kappa shape index (κ2) is 8.34. The molecule has 0 fully saturated rings. The summed E-state index contributed by atoms with van der Waals surface area (Å²) < 4.78 is 5.85. The molecule has 2 rings (SSSR count). The minimum Gasteiger partial charge on any atom is -0.480 e. The van der Waals surface area contributed by atoms with Crippen LogP contribution in [0.3, 0.4) is 0 Å². The van der Waals surface area contributed by atoms with Crippen LogP contribution in [-0.4, -0.2) is 23.7 Å². The lowest BCUT2D eigenvalue weighted by molar-refractivity contribution is -0.122. The largest absolute Gasteiger partial charge is 0.480 e. The number of aliphatic hydroxyl groups is 1. The minimum atomic E-state index is -0.534. The van der Waals surface area contributed by atoms with Gasteiger partial charge < -0.3 is 15.2 Å². The third kappa shape index (κ3) is 4.83. The van der Waals surface area contributed by atoms with E-state index in [9.17, 15) is 4.79 Å². The maximum Gasteiger partial charge on any atom is 0.265 e. The van der Waals surface area contributed by atoms with Crippen molar-refractivity contribution in [2.45, 2.75) is 32.8 Å². The van der Waals surface area contributed by atoms with E-state index in [-0.39, 0.29) is 12.5 Å². The summed E-state index contributed by atoms with van der Waals surface area (Å²) in [6.45, 7) is 4.00. The molecule has 1 atom stereocenters. The summed E-state index contributed by atoms with van der Waals surface area (Å²) in [4.78, 5) is 12.4. The lowest BCUT2D eigenvalue weighted by Gasteiger charge is -2.18. The molecule has 2 N–H and O–H groups in total. The highest BCUT2D eigenvalue weighted by Gasteiger charge is 2.19. The van der Waals surface area contributed by atoms with Crippen LogP contribution in [0.5, 0.6) is 5.75 Å². The maximum absolute atomic E-state index is 12.4. The van der Waals surface area contributed by atoms with E-state index in [4.69, 9.17) is 9.84 Å². The van der Waals surface area contributed by atoms with E-state index in [0.29, 0.717) is 12.8 Å². The number of aliphatic hydroxyl groups excluding tert-OH is 1. The Hall–Kier alpha value is -2.33. The molecule has 0 saturated heterocycles. The summed E-state index contributed by atoms with van der Waals surface area (Å²) in [6, 6.07) is 15.1. The Morgan fingerprint density at radius 1 is 1.17 bits per heavy atom. The molecule has 4 heteroatoms. The average molecular weight is 313 g/mol. The van der Waals surface area contributed by atoms with Gasteiger partial charge in [-0.25, -0.2) is 0 Å². The lowest BCUT2D eigenvalue weighted by atomic mass is 10.1. The first-order chi connectivity index (χ1) is 11.1. The number of anilines is 1. The van der Waals surface area contributed by atoms with Crippen LogP contribution < -0.4 is 10.1 Å². The van der Waals surface area contributed by atoms with Gasteiger partial charge in [-0.1, -0.05) is 37.3 Å². The number of hydrogen-bond donors (Lipinski definition) is 2. The fourth-order valence-corrected chi connectivity index (χ4v) is 2.27. The van der Waals surface area contributed by atoms with Gasteiger partial charge in [0.15, 0.2) is 6.10 Å². The minimum absolute atomic E-state index is 0.119. The van der Waals surface area contributed by atoms with E-state index in [1.54, 1.807) is 0 Å². The third-order valence-electron chi connectivity index (χ3n) is 3.65. The van der Waals surface area contributed by atoms with Crippen molar-refractivity contribution in [3.8, 4) is 5.75 Å². The fourth-order valence-electron chi connectivity index (χ4n) is 2.27. The van der Waals surface area contributed by atoms with E-state index >= 15 is 0 Å². The Morgan fingerprint density at radius 2 is 1.87 bits per heavy atom. The van der Waals surface area contributed by atoms with E-state index in [1.165, 1.54) is 0 Å². The number of amides is 1. The molecule has 122 valence electrons. The van der Waals surface area contributed by atoms with Crippen molar-refractivity contribution in [1.29, 1.82) is 0 Å². The lowest BCUT2D eigenvalue weighted by Crippen LogP contribution is -2.32. The highest BCUT2D eigenvalue weighted by atomic mass is 16.5. The molecule has 1 amide bonds. The average Bonchev–Trinajstić information content (AvgIpc) is 2.56. The fraction of sp³-hybridized carbons (Fsp3) is 0.316. The number of benzene rings is 2. The van der Waals surface area contributed by atoms with E-state index in [1.807, 2.05) is 62.4 Å². The van der Waals surface area contributed by atoms with Gasteiger partial charge in [0, 0.05) is 12.3 Å². The summed E-state index contributed by atoms with van der Waals surface area (Å²) in [5, 5.41) is 11.8. The quantitative estimate of drug-likeness (QED) is 0.824. The van der Waals surface area contributed by atoms with Crippen LogP contribution in [0.15, 0.2) is 48.5 Å². The number of nitrogens with one attached hydrogen (secondary N) is 1. The first-order valence-corrected chi connectivity index (χ1v) is 7.87. The van der Waals surface area contributed by atoms with Crippen LogP contribution in [0.1, 0.15) is 24.5 Å². The van der Waals surface area contributed by atoms with Gasteiger partial charge in [-0.3, -0.25) is 4.79 Å². The molecule has 0 aliphatic rings. The predicted molar refractivity (Wildman–Crippen MR) is 91.7 cm³/mol. The van der Waals surface area contributed by atoms with Gasteiger partial charge in [0.2, 0.25) is 0 Å². The molecule has 0 aromatic heterocycles. The molecule has 0 heterocycles. The van der Waals surface area contributed by atoms with Gasteiger partial charge in [-0.05, 0) is 49.1 Å². The molecule has 4 nitrogen and oxygen atoms in total. The maximum atomic E-state index is 12.4. The summed E-state index contributed by atoms with van der Waals surface area (Å²) in [5.74, 6) is 0.568. The molecule has 0 bridgehead atoms. The standard InChI is InChI=1S/C19H23NO3/c1-3-17(23-18-7-5-4-6-14(18)2)19(22)20-16-10-8-15(9-11-16)12-13-21/h4-11,17,21H,3,12-13H2,1-2H3,(H,20,22). The van der Waals surface area contributed by atoms with Gasteiger partial charge in [0.1, 0.15) is 5.75 Å². The number of carbonyl (C=O) groups is 1. The summed E-state index contributed by atoms with van der Waals surface area (Å²) in [5.41, 5.74) is 2.77. The monoisotopic (exact) mass is 313 g/mol. The van der Waals surface area contributed by atoms with Crippen molar-refractivity contribution in [2.75, 3.05) is 11.9 Å². The van der Waals surface area contributed by atoms with Crippen LogP contribution in [0.2, 0.25) is 0 Å². The van der Waals surface area contributed by atoms with Crippen LogP contribution in [0.4, 0.5) is 5.69 Å². The first-order valence-electron chi connectivity index (χ1n) is 7.87. The normalized spacial score (nSPS) is 11.8. The van der Waals surface area contributed by atoms with Crippen molar-refractivity contribution in [2.24, 2.45) is 0 Å². The van der Waals surface area contributed by atoms with Gasteiger partial charge >= 0.3 is 0 Å². The van der Waals surface area contributed by atoms with E-state index in [0.717, 1.165) is 22.6 Å². The first kappa shape index (κ1) is 17.0. The van der Waals surface area contributed by atoms with Crippen LogP contribution in [0.25, 0.3) is 0 Å². The topological polar surface area (TPSA) is 58.6 Å². The van der Waals surface area contributed by atoms with Crippen LogP contribution >= 0.6 is 0 Å². The van der Waals surface area contributed by atoms with Crippen molar-refractivity contribution >= 4 is 11.6 Å². The van der Waals surface area contributed by atoms with E-state index in [2.05, 4.69) is 5.32 Å². The molecule has 23 heavy (non-hydrogen) atoms. The zero-order valence-corrected chi connectivity index (χ0v) is 13.6. The van der Waals surface area contributed by atoms with Crippen molar-refractivity contribution in [3.05, 3.63) is 59.7 Å².